The third-order valence-electron chi connectivity index (χ3n) is 5.46. The monoisotopic (exact) mass is 444 g/mol. The van der Waals surface area contributed by atoms with Gasteiger partial charge in [0.2, 0.25) is 0 Å². The maximum atomic E-state index is 6.11. The summed E-state index contributed by atoms with van der Waals surface area (Å²) in [5.41, 5.74) is 4.96. The topological polar surface area (TPSA) is 69.1 Å². The molecule has 2 aliphatic heterocycles. The molecule has 0 saturated heterocycles. The quantitative estimate of drug-likeness (QED) is 0.284. The molecule has 3 heterocycles. The van der Waals surface area contributed by atoms with E-state index in [-0.39, 0.29) is 6.04 Å². The number of H-pyrrole nitrogens is 1. The summed E-state index contributed by atoms with van der Waals surface area (Å²) in [4.78, 5) is 14.3. The average Bonchev–Trinajstić information content (AvgIpc) is 3.30. The molecule has 7 nitrogen and oxygen atoms in total. The van der Waals surface area contributed by atoms with Crippen LogP contribution in [0.25, 0.3) is 0 Å². The SMILES string of the molecule is C=C/C=C\C=C(/C)C(=C)OC(=NC)N1CCc2[nH]cnc2C1/C=N/N1C(C)=CC=C/C1=C/C. The molecule has 0 fully saturated rings. The Morgan fingerprint density at radius 3 is 2.91 bits per heavy atom. The summed E-state index contributed by atoms with van der Waals surface area (Å²) in [5.74, 6) is 0.531. The lowest BCUT2D eigenvalue weighted by Gasteiger charge is -2.35. The summed E-state index contributed by atoms with van der Waals surface area (Å²) < 4.78 is 6.11. The molecule has 0 bridgehead atoms. The number of hydrogen-bond acceptors (Lipinski definition) is 5. The Morgan fingerprint density at radius 2 is 2.18 bits per heavy atom. The number of ether oxygens (including phenoxy) is 1. The molecule has 0 amide bonds. The molecule has 0 saturated carbocycles. The van der Waals surface area contributed by atoms with Crippen molar-refractivity contribution >= 4 is 12.2 Å². The second kappa shape index (κ2) is 11.1. The first-order chi connectivity index (χ1) is 16.0. The molecule has 2 aliphatic rings. The zero-order valence-electron chi connectivity index (χ0n) is 19.8. The molecule has 0 spiro atoms. The summed E-state index contributed by atoms with van der Waals surface area (Å²) in [6.45, 7) is 14.4. The molecule has 1 aromatic rings. The molecule has 0 radical (unpaired) electrons. The van der Waals surface area contributed by atoms with Gasteiger partial charge in [-0.15, -0.1) is 0 Å². The van der Waals surface area contributed by atoms with E-state index in [0.29, 0.717) is 18.3 Å². The van der Waals surface area contributed by atoms with Gasteiger partial charge in [-0.3, -0.25) is 0 Å². The van der Waals surface area contributed by atoms with Crippen LogP contribution >= 0.6 is 0 Å². The minimum absolute atomic E-state index is 0.242. The second-order valence-corrected chi connectivity index (χ2v) is 7.61. The van der Waals surface area contributed by atoms with Gasteiger partial charge in [0.25, 0.3) is 6.02 Å². The number of aliphatic imine (C=N–C) groups is 1. The van der Waals surface area contributed by atoms with Crippen molar-refractivity contribution in [2.24, 2.45) is 10.1 Å². The lowest BCUT2D eigenvalue weighted by molar-refractivity contribution is 0.263. The van der Waals surface area contributed by atoms with Crippen LogP contribution in [-0.4, -0.2) is 45.7 Å². The molecule has 33 heavy (non-hydrogen) atoms. The van der Waals surface area contributed by atoms with Gasteiger partial charge in [0.1, 0.15) is 11.8 Å². The number of amidine groups is 1. The van der Waals surface area contributed by atoms with Crippen molar-refractivity contribution in [3.63, 3.8) is 0 Å². The molecular weight excluding hydrogens is 412 g/mol. The first kappa shape index (κ1) is 23.8. The number of aromatic nitrogens is 2. The van der Waals surface area contributed by atoms with Crippen molar-refractivity contribution in [1.29, 1.82) is 0 Å². The van der Waals surface area contributed by atoms with E-state index in [2.05, 4.69) is 33.0 Å². The summed E-state index contributed by atoms with van der Waals surface area (Å²) in [5, 5.41) is 6.73. The number of nitrogens with zero attached hydrogens (tertiary/aromatic N) is 5. The Hall–Kier alpha value is -3.87. The van der Waals surface area contributed by atoms with Crippen molar-refractivity contribution in [3.8, 4) is 0 Å². The Morgan fingerprint density at radius 1 is 1.36 bits per heavy atom. The number of fused-ring (bicyclic) bond motifs is 1. The Balaban J connectivity index is 1.88. The minimum atomic E-state index is -0.242. The van der Waals surface area contributed by atoms with E-state index in [1.54, 1.807) is 19.5 Å². The van der Waals surface area contributed by atoms with E-state index in [4.69, 9.17) is 9.84 Å². The smallest absolute Gasteiger partial charge is 0.293 e. The average molecular weight is 445 g/mol. The van der Waals surface area contributed by atoms with E-state index in [1.807, 2.05) is 74.5 Å². The number of hydrazone groups is 1. The summed E-state index contributed by atoms with van der Waals surface area (Å²) >= 11 is 0. The van der Waals surface area contributed by atoms with E-state index >= 15 is 0 Å². The number of nitrogens with one attached hydrogen (secondary N) is 1. The number of allylic oxidation sites excluding steroid dienone is 10. The molecule has 1 unspecified atom stereocenters. The fourth-order valence-corrected chi connectivity index (χ4v) is 3.60. The largest absolute Gasteiger partial charge is 0.426 e. The molecule has 7 heteroatoms. The molecule has 172 valence electrons. The molecule has 3 rings (SSSR count). The fourth-order valence-electron chi connectivity index (χ4n) is 3.60. The zero-order chi connectivity index (χ0) is 23.8. The molecule has 0 aliphatic carbocycles. The fraction of sp³-hybridized carbons (Fsp3) is 0.269. The number of aromatic amines is 1. The Labute approximate surface area is 196 Å². The van der Waals surface area contributed by atoms with Gasteiger partial charge in [-0.2, -0.15) is 5.10 Å². The van der Waals surface area contributed by atoms with E-state index in [9.17, 15) is 0 Å². The van der Waals surface area contributed by atoms with Crippen LogP contribution < -0.4 is 0 Å². The number of hydrogen-bond donors (Lipinski definition) is 1. The van der Waals surface area contributed by atoms with Crippen molar-refractivity contribution in [2.45, 2.75) is 33.2 Å². The first-order valence-corrected chi connectivity index (χ1v) is 10.9. The lowest BCUT2D eigenvalue weighted by Crippen LogP contribution is -2.42. The Bertz CT molecular complexity index is 1100. The molecule has 1 aromatic heterocycles. The normalized spacial score (nSPS) is 20.5. The summed E-state index contributed by atoms with van der Waals surface area (Å²) in [6, 6.07) is 0.232. The van der Waals surface area contributed by atoms with E-state index in [0.717, 1.165) is 34.8 Å². The van der Waals surface area contributed by atoms with Crippen molar-refractivity contribution in [2.75, 3.05) is 13.6 Å². The van der Waals surface area contributed by atoms with Crippen LogP contribution in [0, 0.1) is 0 Å². The molecule has 0 aromatic carbocycles. The van der Waals surface area contributed by atoms with Gasteiger partial charge in [-0.25, -0.2) is 15.0 Å². The van der Waals surface area contributed by atoms with Crippen molar-refractivity contribution in [3.05, 3.63) is 102 Å². The van der Waals surface area contributed by atoms with Gasteiger partial charge < -0.3 is 14.6 Å². The van der Waals surface area contributed by atoms with Crippen LogP contribution in [0.15, 0.2) is 101 Å². The van der Waals surface area contributed by atoms with Crippen LogP contribution in [0.3, 0.4) is 0 Å². The minimum Gasteiger partial charge on any atom is -0.426 e. The van der Waals surface area contributed by atoms with Gasteiger partial charge in [0, 0.05) is 31.4 Å². The number of imidazole rings is 1. The van der Waals surface area contributed by atoms with Crippen molar-refractivity contribution in [1.82, 2.24) is 19.9 Å². The molecule has 1 N–H and O–H groups in total. The highest BCUT2D eigenvalue weighted by Gasteiger charge is 2.32. The van der Waals surface area contributed by atoms with Gasteiger partial charge in [0.05, 0.1) is 23.9 Å². The van der Waals surface area contributed by atoms with Gasteiger partial charge in [0.15, 0.2) is 0 Å². The van der Waals surface area contributed by atoms with Crippen LogP contribution in [0.2, 0.25) is 0 Å². The lowest BCUT2D eigenvalue weighted by atomic mass is 10.0. The Kier molecular flexibility index (Phi) is 8.02. The van der Waals surface area contributed by atoms with E-state index < -0.39 is 0 Å². The maximum Gasteiger partial charge on any atom is 0.293 e. The van der Waals surface area contributed by atoms with Crippen LogP contribution in [-0.2, 0) is 11.2 Å². The van der Waals surface area contributed by atoms with Gasteiger partial charge in [-0.05, 0) is 38.5 Å². The predicted octanol–water partition coefficient (Wildman–Crippen LogP) is 5.18. The predicted molar refractivity (Wildman–Crippen MR) is 135 cm³/mol. The molecule has 1 atom stereocenters. The van der Waals surface area contributed by atoms with Crippen LogP contribution in [0.4, 0.5) is 0 Å². The van der Waals surface area contributed by atoms with Crippen molar-refractivity contribution < 1.29 is 4.74 Å². The third-order valence-corrected chi connectivity index (χ3v) is 5.46. The zero-order valence-corrected chi connectivity index (χ0v) is 19.8. The number of rotatable bonds is 6. The molecular formula is C26H32N6O. The maximum absolute atomic E-state index is 6.11. The first-order valence-electron chi connectivity index (χ1n) is 10.9. The second-order valence-electron chi connectivity index (χ2n) is 7.61. The summed E-state index contributed by atoms with van der Waals surface area (Å²) in [6.07, 6.45) is 19.9. The summed E-state index contributed by atoms with van der Waals surface area (Å²) in [7, 11) is 1.72. The van der Waals surface area contributed by atoms with Gasteiger partial charge >= 0.3 is 0 Å². The third kappa shape index (κ3) is 5.49. The van der Waals surface area contributed by atoms with Crippen LogP contribution in [0.1, 0.15) is 38.2 Å². The highest BCUT2D eigenvalue weighted by atomic mass is 16.5. The standard InChI is InChI=1S/C26H32N6O/c1-7-9-10-12-19(3)21(5)33-26(27-6)31-16-15-23-25(29-18-28-23)24(31)17-30-32-20(4)13-11-14-22(32)8-2/h7-14,17-18,24H,1,5,15-16H2,2-4,6H3,(H,28,29)/b10-9-,19-12+,22-8-,27-26?,30-17+. The highest BCUT2D eigenvalue weighted by Crippen LogP contribution is 2.29. The van der Waals surface area contributed by atoms with Crippen LogP contribution in [0.5, 0.6) is 0 Å². The van der Waals surface area contributed by atoms with E-state index in [1.165, 1.54) is 0 Å². The highest BCUT2D eigenvalue weighted by molar-refractivity contribution is 5.81. The van der Waals surface area contributed by atoms with Gasteiger partial charge in [-0.1, -0.05) is 49.6 Å².